The van der Waals surface area contributed by atoms with E-state index in [2.05, 4.69) is 79.3 Å². The zero-order valence-electron chi connectivity index (χ0n) is 15.4. The molecule has 3 rings (SSSR count). The average molecular weight is 363 g/mol. The summed E-state index contributed by atoms with van der Waals surface area (Å²) in [6.07, 6.45) is 3.13. The molecule has 0 fully saturated rings. The molecule has 0 aliphatic carbocycles. The number of aromatic nitrogens is 2. The van der Waals surface area contributed by atoms with E-state index < -0.39 is 9.04 Å². The number of nitrogen functional groups attached to an aromatic ring is 1. The van der Waals surface area contributed by atoms with Gasteiger partial charge in [-0.2, -0.15) is 0 Å². The predicted octanol–water partition coefficient (Wildman–Crippen LogP) is 2.97. The van der Waals surface area contributed by atoms with Crippen molar-refractivity contribution in [2.75, 3.05) is 5.73 Å². The first-order valence-corrected chi connectivity index (χ1v) is 10.1. The molecular weight excluding hydrogens is 338 g/mol. The monoisotopic (exact) mass is 362 g/mol. The average Bonchev–Trinajstić information content (AvgIpc) is 2.64. The van der Waals surface area contributed by atoms with Crippen molar-refractivity contribution >= 4 is 25.2 Å². The number of hydrogen-bond acceptors (Lipinski definition) is 4. The van der Waals surface area contributed by atoms with Crippen molar-refractivity contribution in [3.8, 4) is 0 Å². The van der Waals surface area contributed by atoms with Gasteiger partial charge in [-0.1, -0.05) is 81.4 Å². The third-order valence-corrected chi connectivity index (χ3v) is 6.24. The van der Waals surface area contributed by atoms with Crippen LogP contribution in [0.15, 0.2) is 73.1 Å². The van der Waals surface area contributed by atoms with E-state index in [1.165, 1.54) is 10.4 Å². The maximum absolute atomic E-state index is 6.77. The smallest absolute Gasteiger partial charge is 0.283 e. The standard InChI is InChI=1S/C21H24N3OSi/c1-21(2,3)20(18-14-24-19(22)15-23-18)25-26(16-10-6-4-7-11-16)17-12-8-5-9-13-17/h4-15,20H,1-3H3,(H2,22,24). The summed E-state index contributed by atoms with van der Waals surface area (Å²) < 4.78 is 6.77. The zero-order chi connectivity index (χ0) is 18.6. The molecule has 1 unspecified atom stereocenters. The van der Waals surface area contributed by atoms with Crippen LogP contribution in [0.4, 0.5) is 5.82 Å². The van der Waals surface area contributed by atoms with Crippen LogP contribution in [0.3, 0.4) is 0 Å². The van der Waals surface area contributed by atoms with E-state index in [4.69, 9.17) is 10.2 Å². The fourth-order valence-electron chi connectivity index (χ4n) is 2.76. The molecule has 2 aromatic carbocycles. The molecule has 3 aromatic rings. The second-order valence-electron chi connectivity index (χ2n) is 7.29. The van der Waals surface area contributed by atoms with Crippen molar-refractivity contribution in [1.29, 1.82) is 0 Å². The molecule has 133 valence electrons. The largest absolute Gasteiger partial charge is 0.398 e. The first-order chi connectivity index (χ1) is 12.4. The maximum atomic E-state index is 6.77. The Morgan fingerprint density at radius 3 is 1.81 bits per heavy atom. The normalized spacial score (nSPS) is 12.9. The van der Waals surface area contributed by atoms with Crippen molar-refractivity contribution < 1.29 is 4.43 Å². The molecule has 26 heavy (non-hydrogen) atoms. The summed E-state index contributed by atoms with van der Waals surface area (Å²) in [5, 5.41) is 2.42. The van der Waals surface area contributed by atoms with E-state index in [0.717, 1.165) is 5.69 Å². The van der Waals surface area contributed by atoms with Crippen LogP contribution in [0, 0.1) is 5.41 Å². The summed E-state index contributed by atoms with van der Waals surface area (Å²) in [7, 11) is -1.44. The van der Waals surface area contributed by atoms with E-state index in [9.17, 15) is 0 Å². The summed E-state index contributed by atoms with van der Waals surface area (Å²) in [5.41, 5.74) is 6.38. The Bertz CT molecular complexity index is 778. The van der Waals surface area contributed by atoms with Crippen molar-refractivity contribution in [2.24, 2.45) is 5.41 Å². The third-order valence-electron chi connectivity index (χ3n) is 4.05. The number of nitrogens with zero attached hydrogens (tertiary/aromatic N) is 2. The quantitative estimate of drug-likeness (QED) is 0.709. The Morgan fingerprint density at radius 1 is 0.846 bits per heavy atom. The lowest BCUT2D eigenvalue weighted by molar-refractivity contribution is 0.0854. The van der Waals surface area contributed by atoms with Crippen LogP contribution in [-0.2, 0) is 4.43 Å². The Hall–Kier alpha value is -2.50. The van der Waals surface area contributed by atoms with Gasteiger partial charge in [0.25, 0.3) is 9.04 Å². The Labute approximate surface area is 156 Å². The van der Waals surface area contributed by atoms with Crippen LogP contribution >= 0.6 is 0 Å². The minimum Gasteiger partial charge on any atom is -0.398 e. The molecule has 1 radical (unpaired) electrons. The number of nitrogens with two attached hydrogens (primary N) is 1. The van der Waals surface area contributed by atoms with Crippen LogP contribution in [0.1, 0.15) is 32.6 Å². The molecule has 4 nitrogen and oxygen atoms in total. The highest BCUT2D eigenvalue weighted by molar-refractivity contribution is 6.80. The van der Waals surface area contributed by atoms with Gasteiger partial charge in [-0.05, 0) is 15.8 Å². The van der Waals surface area contributed by atoms with Gasteiger partial charge in [-0.15, -0.1) is 0 Å². The van der Waals surface area contributed by atoms with Crippen molar-refractivity contribution in [3.05, 3.63) is 78.8 Å². The molecule has 1 atom stereocenters. The van der Waals surface area contributed by atoms with Crippen LogP contribution in [0.2, 0.25) is 0 Å². The SMILES string of the molecule is CC(C)(C)C(O[Si](c1ccccc1)c1ccccc1)c1cnc(N)cn1. The van der Waals surface area contributed by atoms with Crippen LogP contribution < -0.4 is 16.1 Å². The third kappa shape index (κ3) is 4.36. The molecule has 0 bridgehead atoms. The van der Waals surface area contributed by atoms with Crippen LogP contribution in [0.25, 0.3) is 0 Å². The van der Waals surface area contributed by atoms with Gasteiger partial charge in [-0.3, -0.25) is 4.98 Å². The second-order valence-corrected chi connectivity index (χ2v) is 9.34. The van der Waals surface area contributed by atoms with Gasteiger partial charge >= 0.3 is 0 Å². The van der Waals surface area contributed by atoms with Gasteiger partial charge in [0.1, 0.15) is 5.82 Å². The van der Waals surface area contributed by atoms with Gasteiger partial charge in [0.05, 0.1) is 24.2 Å². The molecule has 0 amide bonds. The molecule has 0 saturated carbocycles. The van der Waals surface area contributed by atoms with Gasteiger partial charge in [0.2, 0.25) is 0 Å². The van der Waals surface area contributed by atoms with Gasteiger partial charge < -0.3 is 10.2 Å². The molecule has 0 aliphatic heterocycles. The van der Waals surface area contributed by atoms with E-state index in [0.29, 0.717) is 5.82 Å². The first kappa shape index (κ1) is 18.3. The minimum atomic E-state index is -1.44. The topological polar surface area (TPSA) is 61.0 Å². The highest BCUT2D eigenvalue weighted by Crippen LogP contribution is 2.35. The second kappa shape index (κ2) is 7.80. The van der Waals surface area contributed by atoms with Crippen molar-refractivity contribution in [3.63, 3.8) is 0 Å². The highest BCUT2D eigenvalue weighted by Gasteiger charge is 2.33. The summed E-state index contributed by atoms with van der Waals surface area (Å²) >= 11 is 0. The predicted molar refractivity (Wildman–Crippen MR) is 108 cm³/mol. The number of hydrogen-bond donors (Lipinski definition) is 1. The summed E-state index contributed by atoms with van der Waals surface area (Å²) in [6, 6.07) is 20.8. The number of anilines is 1. The fraction of sp³-hybridized carbons (Fsp3) is 0.238. The fourth-order valence-corrected chi connectivity index (χ4v) is 5.07. The lowest BCUT2D eigenvalue weighted by Gasteiger charge is -2.33. The summed E-state index contributed by atoms with van der Waals surface area (Å²) in [4.78, 5) is 8.70. The highest BCUT2D eigenvalue weighted by atomic mass is 28.3. The number of benzene rings is 2. The molecule has 2 N–H and O–H groups in total. The van der Waals surface area contributed by atoms with Crippen LogP contribution in [0.5, 0.6) is 0 Å². The Kier molecular flexibility index (Phi) is 5.49. The first-order valence-electron chi connectivity index (χ1n) is 8.67. The molecule has 0 aliphatic rings. The zero-order valence-corrected chi connectivity index (χ0v) is 16.4. The van der Waals surface area contributed by atoms with Crippen molar-refractivity contribution in [2.45, 2.75) is 26.9 Å². The van der Waals surface area contributed by atoms with E-state index in [1.807, 2.05) is 12.1 Å². The minimum absolute atomic E-state index is 0.135. The van der Waals surface area contributed by atoms with Crippen LogP contribution in [-0.4, -0.2) is 19.0 Å². The molecule has 5 heteroatoms. The van der Waals surface area contributed by atoms with E-state index in [-0.39, 0.29) is 11.5 Å². The van der Waals surface area contributed by atoms with E-state index in [1.54, 1.807) is 12.4 Å². The summed E-state index contributed by atoms with van der Waals surface area (Å²) in [6.45, 7) is 6.47. The van der Waals surface area contributed by atoms with Gasteiger partial charge in [0.15, 0.2) is 0 Å². The number of rotatable bonds is 5. The van der Waals surface area contributed by atoms with Crippen molar-refractivity contribution in [1.82, 2.24) is 9.97 Å². The molecule has 0 saturated heterocycles. The summed E-state index contributed by atoms with van der Waals surface area (Å²) in [5.74, 6) is 0.415. The van der Waals surface area contributed by atoms with E-state index >= 15 is 0 Å². The maximum Gasteiger partial charge on any atom is 0.283 e. The molecule has 0 spiro atoms. The molecular formula is C21H24N3OSi. The molecule has 1 aromatic heterocycles. The lowest BCUT2D eigenvalue weighted by Crippen LogP contribution is -2.47. The Morgan fingerprint density at radius 2 is 1.38 bits per heavy atom. The lowest BCUT2D eigenvalue weighted by atomic mass is 9.87. The van der Waals surface area contributed by atoms with Gasteiger partial charge in [-0.25, -0.2) is 4.98 Å². The Balaban J connectivity index is 2.01. The molecule has 1 heterocycles. The van der Waals surface area contributed by atoms with Gasteiger partial charge in [0, 0.05) is 0 Å².